The largest absolute Gasteiger partial charge is 0.368 e. The van der Waals surface area contributed by atoms with Crippen LogP contribution in [0.3, 0.4) is 0 Å². The lowest BCUT2D eigenvalue weighted by molar-refractivity contribution is 0.528. The molecule has 0 aromatic heterocycles. The third kappa shape index (κ3) is 4.75. The number of benzene rings is 1. The zero-order valence-corrected chi connectivity index (χ0v) is 11.2. The first-order chi connectivity index (χ1) is 8.59. The highest BCUT2D eigenvalue weighted by atomic mass is 19.1. The van der Waals surface area contributed by atoms with Crippen molar-refractivity contribution in [3.63, 3.8) is 0 Å². The first-order valence-electron chi connectivity index (χ1n) is 6.54. The number of halogens is 1. The molecule has 1 aromatic carbocycles. The summed E-state index contributed by atoms with van der Waals surface area (Å²) in [4.78, 5) is 0. The van der Waals surface area contributed by atoms with E-state index in [0.717, 1.165) is 19.3 Å². The fourth-order valence-corrected chi connectivity index (χ4v) is 1.94. The van der Waals surface area contributed by atoms with Gasteiger partial charge in [-0.25, -0.2) is 4.39 Å². The molecule has 0 heterocycles. The zero-order valence-electron chi connectivity index (χ0n) is 11.2. The summed E-state index contributed by atoms with van der Waals surface area (Å²) in [6, 6.07) is 8.53. The molecule has 0 amide bonds. The summed E-state index contributed by atoms with van der Waals surface area (Å²) in [5, 5.41) is 12.4. The average molecular weight is 248 g/mol. The molecule has 1 rings (SSSR count). The van der Waals surface area contributed by atoms with Crippen molar-refractivity contribution < 1.29 is 4.39 Å². The molecular weight excluding hydrogens is 227 g/mol. The van der Waals surface area contributed by atoms with Gasteiger partial charge in [0.1, 0.15) is 11.4 Å². The first kappa shape index (κ1) is 14.5. The van der Waals surface area contributed by atoms with E-state index in [1.165, 1.54) is 25.0 Å². The lowest BCUT2D eigenvalue weighted by Crippen LogP contribution is -2.32. The summed E-state index contributed by atoms with van der Waals surface area (Å²) in [5.74, 6) is -0.286. The van der Waals surface area contributed by atoms with Crippen LogP contribution in [-0.4, -0.2) is 5.54 Å². The van der Waals surface area contributed by atoms with Gasteiger partial charge in [-0.3, -0.25) is 0 Å². The zero-order chi connectivity index (χ0) is 13.4. The molecule has 0 spiro atoms. The molecule has 1 N–H and O–H groups in total. The van der Waals surface area contributed by atoms with Gasteiger partial charge in [-0.2, -0.15) is 5.26 Å². The highest BCUT2D eigenvalue weighted by Crippen LogP contribution is 2.21. The molecule has 0 radical (unpaired) electrons. The highest BCUT2D eigenvalue weighted by Gasteiger charge is 2.22. The maximum absolute atomic E-state index is 13.1. The standard InChI is InChI=1S/C15H21FN2/c1-3-4-5-6-10-15(2,12-17)18-14-9-7-8-13(16)11-14/h7-9,11,18H,3-6,10H2,1-2H3. The minimum atomic E-state index is -0.623. The Hall–Kier alpha value is -1.56. The average Bonchev–Trinajstić information content (AvgIpc) is 2.35. The minimum absolute atomic E-state index is 0.286. The molecule has 1 aromatic rings. The summed E-state index contributed by atoms with van der Waals surface area (Å²) >= 11 is 0. The Balaban J connectivity index is 2.57. The van der Waals surface area contributed by atoms with Crippen molar-refractivity contribution in [1.82, 2.24) is 0 Å². The summed E-state index contributed by atoms with van der Waals surface area (Å²) in [6.07, 6.45) is 5.31. The summed E-state index contributed by atoms with van der Waals surface area (Å²) in [5.41, 5.74) is 0.0381. The topological polar surface area (TPSA) is 35.8 Å². The summed E-state index contributed by atoms with van der Waals surface area (Å²) in [6.45, 7) is 4.03. The number of hydrogen-bond acceptors (Lipinski definition) is 2. The number of nitriles is 1. The Kier molecular flexibility index (Phi) is 5.64. The molecule has 98 valence electrons. The second kappa shape index (κ2) is 7.00. The number of rotatable bonds is 7. The third-order valence-electron chi connectivity index (χ3n) is 3.02. The molecular formula is C15H21FN2. The van der Waals surface area contributed by atoms with E-state index in [1.807, 2.05) is 6.92 Å². The molecule has 0 aliphatic rings. The molecule has 1 unspecified atom stereocenters. The number of anilines is 1. The van der Waals surface area contributed by atoms with Gasteiger partial charge in [-0.1, -0.05) is 38.7 Å². The number of nitrogens with zero attached hydrogens (tertiary/aromatic N) is 1. The van der Waals surface area contributed by atoms with Crippen molar-refractivity contribution in [1.29, 1.82) is 5.26 Å². The van der Waals surface area contributed by atoms with Gasteiger partial charge < -0.3 is 5.32 Å². The second-order valence-electron chi connectivity index (χ2n) is 4.89. The van der Waals surface area contributed by atoms with Gasteiger partial charge in [-0.05, 0) is 31.5 Å². The fourth-order valence-electron chi connectivity index (χ4n) is 1.94. The Labute approximate surface area is 109 Å². The van der Waals surface area contributed by atoms with E-state index in [-0.39, 0.29) is 5.82 Å². The molecule has 0 saturated carbocycles. The Morgan fingerprint density at radius 2 is 2.11 bits per heavy atom. The van der Waals surface area contributed by atoms with Gasteiger partial charge in [0.25, 0.3) is 0 Å². The SMILES string of the molecule is CCCCCCC(C)(C#N)Nc1cccc(F)c1. The van der Waals surface area contributed by atoms with E-state index in [9.17, 15) is 9.65 Å². The van der Waals surface area contributed by atoms with Crippen molar-refractivity contribution in [2.24, 2.45) is 0 Å². The van der Waals surface area contributed by atoms with E-state index in [0.29, 0.717) is 5.69 Å². The Morgan fingerprint density at radius 1 is 1.33 bits per heavy atom. The smallest absolute Gasteiger partial charge is 0.125 e. The second-order valence-corrected chi connectivity index (χ2v) is 4.89. The Morgan fingerprint density at radius 3 is 2.72 bits per heavy atom. The van der Waals surface area contributed by atoms with Crippen LogP contribution in [0.2, 0.25) is 0 Å². The van der Waals surface area contributed by atoms with Crippen LogP contribution >= 0.6 is 0 Å². The van der Waals surface area contributed by atoms with Crippen LogP contribution in [0.1, 0.15) is 46.0 Å². The molecule has 0 aliphatic carbocycles. The van der Waals surface area contributed by atoms with Crippen LogP contribution in [0, 0.1) is 17.1 Å². The van der Waals surface area contributed by atoms with Crippen molar-refractivity contribution in [3.8, 4) is 6.07 Å². The molecule has 0 bridgehead atoms. The maximum Gasteiger partial charge on any atom is 0.125 e. The van der Waals surface area contributed by atoms with Crippen LogP contribution in [0.25, 0.3) is 0 Å². The predicted molar refractivity (Wildman–Crippen MR) is 72.8 cm³/mol. The van der Waals surface area contributed by atoms with E-state index >= 15 is 0 Å². The number of hydrogen-bond donors (Lipinski definition) is 1. The quantitative estimate of drug-likeness (QED) is 0.722. The van der Waals surface area contributed by atoms with Crippen LogP contribution in [0.4, 0.5) is 10.1 Å². The minimum Gasteiger partial charge on any atom is -0.368 e. The van der Waals surface area contributed by atoms with Gasteiger partial charge in [-0.15, -0.1) is 0 Å². The van der Waals surface area contributed by atoms with Gasteiger partial charge in [0.15, 0.2) is 0 Å². The van der Waals surface area contributed by atoms with Crippen LogP contribution in [0.15, 0.2) is 24.3 Å². The lowest BCUT2D eigenvalue weighted by Gasteiger charge is -2.24. The van der Waals surface area contributed by atoms with Crippen molar-refractivity contribution in [2.45, 2.75) is 51.5 Å². The maximum atomic E-state index is 13.1. The summed E-state index contributed by atoms with van der Waals surface area (Å²) in [7, 11) is 0. The monoisotopic (exact) mass is 248 g/mol. The molecule has 0 fully saturated rings. The molecule has 3 heteroatoms. The van der Waals surface area contributed by atoms with Gasteiger partial charge in [0.2, 0.25) is 0 Å². The fraction of sp³-hybridized carbons (Fsp3) is 0.533. The number of unbranched alkanes of at least 4 members (excludes halogenated alkanes) is 3. The predicted octanol–water partition coefficient (Wildman–Crippen LogP) is 4.49. The van der Waals surface area contributed by atoms with E-state index in [1.54, 1.807) is 12.1 Å². The lowest BCUT2D eigenvalue weighted by atomic mass is 9.95. The molecule has 2 nitrogen and oxygen atoms in total. The van der Waals surface area contributed by atoms with E-state index in [2.05, 4.69) is 18.3 Å². The molecule has 0 saturated heterocycles. The third-order valence-corrected chi connectivity index (χ3v) is 3.02. The molecule has 1 atom stereocenters. The Bertz CT molecular complexity index is 411. The molecule has 18 heavy (non-hydrogen) atoms. The normalized spacial score (nSPS) is 13.7. The molecule has 0 aliphatic heterocycles. The van der Waals surface area contributed by atoms with Crippen LogP contribution < -0.4 is 5.32 Å². The highest BCUT2D eigenvalue weighted by molar-refractivity contribution is 5.47. The van der Waals surface area contributed by atoms with Gasteiger partial charge in [0.05, 0.1) is 6.07 Å². The van der Waals surface area contributed by atoms with Crippen LogP contribution in [0.5, 0.6) is 0 Å². The van der Waals surface area contributed by atoms with E-state index < -0.39 is 5.54 Å². The van der Waals surface area contributed by atoms with Gasteiger partial charge >= 0.3 is 0 Å². The van der Waals surface area contributed by atoms with Crippen molar-refractivity contribution >= 4 is 5.69 Å². The van der Waals surface area contributed by atoms with E-state index in [4.69, 9.17) is 0 Å². The van der Waals surface area contributed by atoms with Crippen LogP contribution in [-0.2, 0) is 0 Å². The van der Waals surface area contributed by atoms with Crippen molar-refractivity contribution in [3.05, 3.63) is 30.1 Å². The number of nitrogens with one attached hydrogen (secondary N) is 1. The first-order valence-corrected chi connectivity index (χ1v) is 6.54. The van der Waals surface area contributed by atoms with Crippen molar-refractivity contribution in [2.75, 3.05) is 5.32 Å². The van der Waals surface area contributed by atoms with Gasteiger partial charge in [0, 0.05) is 5.69 Å². The summed E-state index contributed by atoms with van der Waals surface area (Å²) < 4.78 is 13.1.